The Hall–Kier alpha value is -1.23. The van der Waals surface area contributed by atoms with Crippen LogP contribution in [-0.4, -0.2) is 11.7 Å². The Labute approximate surface area is 126 Å². The smallest absolute Gasteiger partial charge is 0.124 e. The molecule has 1 unspecified atom stereocenters. The van der Waals surface area contributed by atoms with Gasteiger partial charge in [-0.2, -0.15) is 0 Å². The molecule has 0 aliphatic heterocycles. The molecule has 0 aromatic heterocycles. The summed E-state index contributed by atoms with van der Waals surface area (Å²) in [6.45, 7) is 2.44. The summed E-state index contributed by atoms with van der Waals surface area (Å²) >= 11 is 3.36. The predicted molar refractivity (Wildman–Crippen MR) is 81.8 cm³/mol. The van der Waals surface area contributed by atoms with E-state index in [9.17, 15) is 9.50 Å². The van der Waals surface area contributed by atoms with Gasteiger partial charge in [-0.3, -0.25) is 0 Å². The van der Waals surface area contributed by atoms with E-state index in [1.807, 2.05) is 37.3 Å². The van der Waals surface area contributed by atoms with Gasteiger partial charge in [0, 0.05) is 11.0 Å². The van der Waals surface area contributed by atoms with E-state index < -0.39 is 5.54 Å². The Bertz CT molecular complexity index is 576. The van der Waals surface area contributed by atoms with Crippen molar-refractivity contribution in [2.24, 2.45) is 0 Å². The van der Waals surface area contributed by atoms with Gasteiger partial charge in [0.15, 0.2) is 0 Å². The fraction of sp³-hybridized carbons (Fsp3) is 0.250. The zero-order valence-corrected chi connectivity index (χ0v) is 12.8. The molecule has 0 amide bonds. The van der Waals surface area contributed by atoms with Crippen LogP contribution in [0.3, 0.4) is 0 Å². The molecule has 2 nitrogen and oxygen atoms in total. The molecule has 1 atom stereocenters. The molecule has 2 aromatic rings. The van der Waals surface area contributed by atoms with Crippen LogP contribution in [0.15, 0.2) is 53.0 Å². The van der Waals surface area contributed by atoms with Crippen LogP contribution >= 0.6 is 15.9 Å². The second-order valence-electron chi connectivity index (χ2n) is 4.95. The molecule has 0 aliphatic rings. The van der Waals surface area contributed by atoms with E-state index >= 15 is 0 Å². The van der Waals surface area contributed by atoms with Gasteiger partial charge in [-0.25, -0.2) is 4.39 Å². The van der Waals surface area contributed by atoms with Gasteiger partial charge >= 0.3 is 0 Å². The first-order valence-electron chi connectivity index (χ1n) is 6.40. The lowest BCUT2D eigenvalue weighted by atomic mass is 9.92. The van der Waals surface area contributed by atoms with Crippen LogP contribution in [-0.2, 0) is 12.1 Å². The van der Waals surface area contributed by atoms with Gasteiger partial charge in [0.05, 0.1) is 12.1 Å². The molecular formula is C16H17BrFNO. The van der Waals surface area contributed by atoms with Crippen LogP contribution < -0.4 is 5.32 Å². The largest absolute Gasteiger partial charge is 0.394 e. The van der Waals surface area contributed by atoms with Crippen molar-refractivity contribution in [2.75, 3.05) is 6.61 Å². The summed E-state index contributed by atoms with van der Waals surface area (Å²) in [6.07, 6.45) is 0. The summed E-state index contributed by atoms with van der Waals surface area (Å²) in [6, 6.07) is 14.4. The number of aliphatic hydroxyl groups is 1. The Kier molecular flexibility index (Phi) is 4.91. The lowest BCUT2D eigenvalue weighted by Crippen LogP contribution is -2.42. The van der Waals surface area contributed by atoms with Gasteiger partial charge in [-0.1, -0.05) is 52.3 Å². The van der Waals surface area contributed by atoms with Crippen LogP contribution in [0.5, 0.6) is 0 Å². The molecule has 2 rings (SSSR count). The average Bonchev–Trinajstić information content (AvgIpc) is 2.46. The average molecular weight is 338 g/mol. The minimum atomic E-state index is -0.637. The van der Waals surface area contributed by atoms with E-state index in [1.165, 1.54) is 12.1 Å². The van der Waals surface area contributed by atoms with Crippen LogP contribution in [0.25, 0.3) is 0 Å². The fourth-order valence-corrected chi connectivity index (χ4v) is 2.85. The maximum atomic E-state index is 13.2. The summed E-state index contributed by atoms with van der Waals surface area (Å²) < 4.78 is 13.8. The molecule has 0 saturated carbocycles. The number of nitrogens with one attached hydrogen (secondary N) is 1. The third kappa shape index (κ3) is 3.45. The van der Waals surface area contributed by atoms with Crippen LogP contribution in [0, 0.1) is 5.82 Å². The Morgan fingerprint density at radius 2 is 1.90 bits per heavy atom. The Balaban J connectivity index is 2.20. The molecule has 4 heteroatoms. The van der Waals surface area contributed by atoms with Crippen molar-refractivity contribution in [1.82, 2.24) is 5.32 Å². The van der Waals surface area contributed by atoms with E-state index in [2.05, 4.69) is 21.2 Å². The van der Waals surface area contributed by atoms with Crippen molar-refractivity contribution in [1.29, 1.82) is 0 Å². The van der Waals surface area contributed by atoms with Crippen LogP contribution in [0.1, 0.15) is 18.1 Å². The highest BCUT2D eigenvalue weighted by molar-refractivity contribution is 9.10. The van der Waals surface area contributed by atoms with Crippen molar-refractivity contribution >= 4 is 15.9 Å². The topological polar surface area (TPSA) is 32.3 Å². The predicted octanol–water partition coefficient (Wildman–Crippen LogP) is 3.59. The summed E-state index contributed by atoms with van der Waals surface area (Å²) in [4.78, 5) is 0. The minimum absolute atomic E-state index is 0.0793. The van der Waals surface area contributed by atoms with Crippen molar-refractivity contribution in [3.63, 3.8) is 0 Å². The molecular weight excluding hydrogens is 321 g/mol. The van der Waals surface area contributed by atoms with Crippen molar-refractivity contribution in [3.8, 4) is 0 Å². The molecule has 0 spiro atoms. The third-order valence-corrected chi connectivity index (χ3v) is 4.02. The van der Waals surface area contributed by atoms with E-state index in [4.69, 9.17) is 0 Å². The Morgan fingerprint density at radius 3 is 2.50 bits per heavy atom. The highest BCUT2D eigenvalue weighted by Gasteiger charge is 2.27. The number of rotatable bonds is 5. The first-order valence-corrected chi connectivity index (χ1v) is 7.20. The molecule has 2 N–H and O–H groups in total. The van der Waals surface area contributed by atoms with Gasteiger partial charge in [0.2, 0.25) is 0 Å². The molecule has 0 aliphatic carbocycles. The number of aliphatic hydroxyl groups excluding tert-OH is 1. The summed E-state index contributed by atoms with van der Waals surface area (Å²) in [5.74, 6) is -0.302. The molecule has 0 radical (unpaired) electrons. The number of hydrogen-bond donors (Lipinski definition) is 2. The highest BCUT2D eigenvalue weighted by Crippen LogP contribution is 2.29. The first-order chi connectivity index (χ1) is 9.55. The van der Waals surface area contributed by atoms with Crippen molar-refractivity contribution < 1.29 is 9.50 Å². The summed E-state index contributed by atoms with van der Waals surface area (Å²) in [7, 11) is 0. The lowest BCUT2D eigenvalue weighted by Gasteiger charge is -2.30. The van der Waals surface area contributed by atoms with Crippen molar-refractivity contribution in [2.45, 2.75) is 19.0 Å². The van der Waals surface area contributed by atoms with Crippen LogP contribution in [0.4, 0.5) is 4.39 Å². The van der Waals surface area contributed by atoms with Gasteiger partial charge in [-0.15, -0.1) is 0 Å². The van der Waals surface area contributed by atoms with E-state index in [1.54, 1.807) is 6.07 Å². The van der Waals surface area contributed by atoms with Gasteiger partial charge in [0.25, 0.3) is 0 Å². The van der Waals surface area contributed by atoms with Crippen molar-refractivity contribution in [3.05, 3.63) is 69.9 Å². The Morgan fingerprint density at radius 1 is 1.20 bits per heavy atom. The standard InChI is InChI=1S/C16H17BrFNO/c1-16(11-20,14-8-7-13(18)9-15(14)17)19-10-12-5-3-2-4-6-12/h2-9,19-20H,10-11H2,1H3. The minimum Gasteiger partial charge on any atom is -0.394 e. The van der Waals surface area contributed by atoms with Gasteiger partial charge < -0.3 is 10.4 Å². The number of hydrogen-bond acceptors (Lipinski definition) is 2. The maximum absolute atomic E-state index is 13.2. The van der Waals surface area contributed by atoms with E-state index in [-0.39, 0.29) is 12.4 Å². The van der Waals surface area contributed by atoms with Gasteiger partial charge in [-0.05, 0) is 30.2 Å². The SMILES string of the molecule is CC(CO)(NCc1ccccc1)c1ccc(F)cc1Br. The molecule has 0 heterocycles. The number of benzene rings is 2. The molecule has 0 fully saturated rings. The zero-order valence-electron chi connectivity index (χ0n) is 11.2. The molecule has 0 bridgehead atoms. The van der Waals surface area contributed by atoms with Gasteiger partial charge in [0.1, 0.15) is 5.82 Å². The molecule has 20 heavy (non-hydrogen) atoms. The van der Waals surface area contributed by atoms with E-state index in [0.29, 0.717) is 11.0 Å². The third-order valence-electron chi connectivity index (χ3n) is 3.37. The highest BCUT2D eigenvalue weighted by atomic mass is 79.9. The normalized spacial score (nSPS) is 14.0. The fourth-order valence-electron chi connectivity index (χ4n) is 2.07. The molecule has 2 aromatic carbocycles. The maximum Gasteiger partial charge on any atom is 0.124 e. The quantitative estimate of drug-likeness (QED) is 0.873. The number of halogens is 2. The monoisotopic (exact) mass is 337 g/mol. The lowest BCUT2D eigenvalue weighted by molar-refractivity contribution is 0.173. The zero-order chi connectivity index (χ0) is 14.6. The second-order valence-corrected chi connectivity index (χ2v) is 5.81. The van der Waals surface area contributed by atoms with E-state index in [0.717, 1.165) is 11.1 Å². The van der Waals surface area contributed by atoms with Crippen LogP contribution in [0.2, 0.25) is 0 Å². The summed E-state index contributed by atoms with van der Waals surface area (Å²) in [5, 5.41) is 13.1. The molecule has 0 saturated heterocycles. The first kappa shape index (κ1) is 15.2. The molecule has 106 valence electrons. The second kappa shape index (κ2) is 6.48. The summed E-state index contributed by atoms with van der Waals surface area (Å²) in [5.41, 5.74) is 1.32.